The van der Waals surface area contributed by atoms with Gasteiger partial charge in [-0.1, -0.05) is 24.3 Å². The van der Waals surface area contributed by atoms with E-state index in [4.69, 9.17) is 4.74 Å². The van der Waals surface area contributed by atoms with Gasteiger partial charge in [-0.2, -0.15) is 0 Å². The van der Waals surface area contributed by atoms with E-state index in [1.165, 1.54) is 0 Å². The second-order valence-electron chi connectivity index (χ2n) is 7.24. The van der Waals surface area contributed by atoms with Gasteiger partial charge in [0, 0.05) is 18.8 Å². The third-order valence-corrected chi connectivity index (χ3v) is 4.73. The third kappa shape index (κ3) is 7.33. The summed E-state index contributed by atoms with van der Waals surface area (Å²) in [6, 6.07) is 14.7. The van der Waals surface area contributed by atoms with Gasteiger partial charge in [0.05, 0.1) is 12.1 Å². The highest BCUT2D eigenvalue weighted by Gasteiger charge is 2.27. The van der Waals surface area contributed by atoms with Crippen LogP contribution >= 0.6 is 12.4 Å². The van der Waals surface area contributed by atoms with Gasteiger partial charge in [0.25, 0.3) is 5.91 Å². The van der Waals surface area contributed by atoms with Crippen LogP contribution in [0.4, 0.5) is 5.69 Å². The summed E-state index contributed by atoms with van der Waals surface area (Å²) in [4.78, 5) is 24.0. The van der Waals surface area contributed by atoms with Crippen molar-refractivity contribution in [2.24, 2.45) is 0 Å². The van der Waals surface area contributed by atoms with E-state index in [0.717, 1.165) is 16.8 Å². The molecular formula is C22H28ClN3O4. The molecule has 0 aromatic heterocycles. The summed E-state index contributed by atoms with van der Waals surface area (Å²) >= 11 is 0. The van der Waals surface area contributed by atoms with Crippen molar-refractivity contribution in [2.45, 2.75) is 31.9 Å². The average molecular weight is 434 g/mol. The molecule has 30 heavy (non-hydrogen) atoms. The molecule has 3 rings (SSSR count). The van der Waals surface area contributed by atoms with Crippen LogP contribution in [0.5, 0.6) is 5.75 Å². The lowest BCUT2D eigenvalue weighted by atomic mass is 10.1. The number of ether oxygens (including phenoxy) is 1. The van der Waals surface area contributed by atoms with Crippen molar-refractivity contribution in [2.75, 3.05) is 25.0 Å². The normalized spacial score (nSPS) is 17.7. The topological polar surface area (TPSA) is 99.7 Å². The summed E-state index contributed by atoms with van der Waals surface area (Å²) in [5.41, 5.74) is 2.88. The first kappa shape index (κ1) is 23.7. The fourth-order valence-electron chi connectivity index (χ4n) is 3.19. The van der Waals surface area contributed by atoms with Crippen LogP contribution in [0.2, 0.25) is 0 Å². The lowest BCUT2D eigenvalue weighted by Gasteiger charge is -2.11. The number of carbonyl (C=O) groups is 2. The van der Waals surface area contributed by atoms with Crippen molar-refractivity contribution in [3.05, 3.63) is 59.7 Å². The van der Waals surface area contributed by atoms with Crippen LogP contribution in [0.1, 0.15) is 17.5 Å². The van der Waals surface area contributed by atoms with Gasteiger partial charge in [0.1, 0.15) is 5.75 Å². The Balaban J connectivity index is 0.00000320. The van der Waals surface area contributed by atoms with Crippen LogP contribution in [0.3, 0.4) is 0 Å². The highest BCUT2D eigenvalue weighted by Crippen LogP contribution is 2.14. The van der Waals surface area contributed by atoms with Crippen LogP contribution < -0.4 is 20.7 Å². The summed E-state index contributed by atoms with van der Waals surface area (Å²) in [6.45, 7) is 2.88. The first-order chi connectivity index (χ1) is 14.0. The van der Waals surface area contributed by atoms with Crippen molar-refractivity contribution >= 4 is 29.9 Å². The Morgan fingerprint density at radius 3 is 2.63 bits per heavy atom. The number of amides is 2. The minimum Gasteiger partial charge on any atom is -0.484 e. The van der Waals surface area contributed by atoms with E-state index in [2.05, 4.69) is 16.0 Å². The molecule has 2 amide bonds. The molecule has 4 N–H and O–H groups in total. The molecule has 0 saturated carbocycles. The number of hydrogen-bond acceptors (Lipinski definition) is 5. The van der Waals surface area contributed by atoms with Crippen LogP contribution in [0.25, 0.3) is 0 Å². The summed E-state index contributed by atoms with van der Waals surface area (Å²) < 4.78 is 5.53. The minimum absolute atomic E-state index is 0. The molecule has 162 valence electrons. The minimum atomic E-state index is -0.447. The molecule has 1 fully saturated rings. The molecule has 1 saturated heterocycles. The van der Waals surface area contributed by atoms with E-state index in [0.29, 0.717) is 31.7 Å². The molecule has 0 bridgehead atoms. The van der Waals surface area contributed by atoms with Gasteiger partial charge in [0.2, 0.25) is 5.91 Å². The van der Waals surface area contributed by atoms with Crippen LogP contribution in [-0.4, -0.2) is 48.8 Å². The number of carbonyl (C=O) groups excluding carboxylic acids is 2. The summed E-state index contributed by atoms with van der Waals surface area (Å²) in [7, 11) is 0. The maximum absolute atomic E-state index is 12.0. The van der Waals surface area contributed by atoms with Crippen molar-refractivity contribution in [1.82, 2.24) is 10.6 Å². The Hall–Kier alpha value is -2.61. The van der Waals surface area contributed by atoms with E-state index >= 15 is 0 Å². The fraction of sp³-hybridized carbons (Fsp3) is 0.364. The highest BCUT2D eigenvalue weighted by atomic mass is 35.5. The van der Waals surface area contributed by atoms with Gasteiger partial charge in [-0.05, 0) is 55.2 Å². The number of benzene rings is 2. The number of rotatable bonds is 8. The number of aliphatic hydroxyl groups excluding tert-OH is 1. The van der Waals surface area contributed by atoms with Gasteiger partial charge >= 0.3 is 0 Å². The maximum Gasteiger partial charge on any atom is 0.262 e. The molecule has 0 spiro atoms. The molecule has 0 radical (unpaired) electrons. The highest BCUT2D eigenvalue weighted by molar-refractivity contribution is 5.91. The predicted octanol–water partition coefficient (Wildman–Crippen LogP) is 1.82. The smallest absolute Gasteiger partial charge is 0.262 e. The second kappa shape index (κ2) is 11.5. The number of nitrogens with one attached hydrogen (secondary N) is 3. The van der Waals surface area contributed by atoms with Gasteiger partial charge in [0.15, 0.2) is 6.61 Å². The number of anilines is 1. The lowest BCUT2D eigenvalue weighted by Crippen LogP contribution is -2.41. The van der Waals surface area contributed by atoms with Crippen molar-refractivity contribution in [3.8, 4) is 5.75 Å². The first-order valence-electron chi connectivity index (χ1n) is 9.77. The monoisotopic (exact) mass is 433 g/mol. The molecule has 2 aromatic carbocycles. The molecule has 7 nitrogen and oxygen atoms in total. The van der Waals surface area contributed by atoms with Crippen molar-refractivity contribution in [1.29, 1.82) is 0 Å². The summed E-state index contributed by atoms with van der Waals surface area (Å²) in [5, 5.41) is 18.1. The molecule has 1 aliphatic rings. The quantitative estimate of drug-likeness (QED) is 0.509. The van der Waals surface area contributed by atoms with E-state index in [1.807, 2.05) is 55.5 Å². The predicted molar refractivity (Wildman–Crippen MR) is 118 cm³/mol. The van der Waals surface area contributed by atoms with Gasteiger partial charge in [-0.25, -0.2) is 0 Å². The lowest BCUT2D eigenvalue weighted by molar-refractivity contribution is -0.123. The van der Waals surface area contributed by atoms with Gasteiger partial charge in [-0.3, -0.25) is 9.59 Å². The Morgan fingerprint density at radius 2 is 1.97 bits per heavy atom. The van der Waals surface area contributed by atoms with Crippen LogP contribution in [0, 0.1) is 6.92 Å². The Labute approximate surface area is 182 Å². The number of halogens is 1. The molecule has 1 heterocycles. The number of aryl methyl sites for hydroxylation is 1. The molecule has 2 aromatic rings. The number of β-amino-alcohol motifs (C(OH)–C–C–N with tert-alkyl or cyclic N) is 1. The zero-order valence-electron chi connectivity index (χ0n) is 16.9. The summed E-state index contributed by atoms with van der Waals surface area (Å²) in [6.07, 6.45) is 0.696. The Bertz CT molecular complexity index is 845. The number of hydrogen-bond donors (Lipinski definition) is 4. The molecular weight excluding hydrogens is 406 g/mol. The molecule has 2 unspecified atom stereocenters. The Morgan fingerprint density at radius 1 is 1.20 bits per heavy atom. The standard InChI is InChI=1S/C22H27N3O4.ClH/c1-15-3-2-4-17(11-15)25-21(27)14-29-19-7-5-16(6-8-19)9-10-23-22(28)20-12-18(26)13-24-20;/h2-8,11,18,20,24,26H,9-10,12-14H2,1H3,(H,23,28)(H,25,27);1H. The zero-order chi connectivity index (χ0) is 20.6. The van der Waals surface area contributed by atoms with Crippen LogP contribution in [0.15, 0.2) is 48.5 Å². The zero-order valence-corrected chi connectivity index (χ0v) is 17.7. The molecule has 2 atom stereocenters. The molecule has 0 aliphatic carbocycles. The molecule has 8 heteroatoms. The largest absolute Gasteiger partial charge is 0.484 e. The van der Waals surface area contributed by atoms with Crippen LogP contribution in [-0.2, 0) is 16.0 Å². The summed E-state index contributed by atoms with van der Waals surface area (Å²) in [5.74, 6) is 0.315. The van der Waals surface area contributed by atoms with Gasteiger partial charge in [-0.15, -0.1) is 12.4 Å². The average Bonchev–Trinajstić information content (AvgIpc) is 3.14. The third-order valence-electron chi connectivity index (χ3n) is 4.73. The van der Waals surface area contributed by atoms with Crippen molar-refractivity contribution in [3.63, 3.8) is 0 Å². The second-order valence-corrected chi connectivity index (χ2v) is 7.24. The number of aliphatic hydroxyl groups is 1. The molecule has 1 aliphatic heterocycles. The first-order valence-corrected chi connectivity index (χ1v) is 9.77. The fourth-order valence-corrected chi connectivity index (χ4v) is 3.19. The SMILES string of the molecule is Cc1cccc(NC(=O)COc2ccc(CCNC(=O)C3CC(O)CN3)cc2)c1.Cl. The van der Waals surface area contributed by atoms with Crippen molar-refractivity contribution < 1.29 is 19.4 Å². The van der Waals surface area contributed by atoms with E-state index in [1.54, 1.807) is 0 Å². The van der Waals surface area contributed by atoms with E-state index in [9.17, 15) is 14.7 Å². The van der Waals surface area contributed by atoms with Gasteiger partial charge < -0.3 is 25.8 Å². The Kier molecular flexibility index (Phi) is 9.11. The van der Waals surface area contributed by atoms with E-state index < -0.39 is 6.10 Å². The maximum atomic E-state index is 12.0. The van der Waals surface area contributed by atoms with E-state index in [-0.39, 0.29) is 36.9 Å².